The Hall–Kier alpha value is -1.47. The average Bonchev–Trinajstić information content (AvgIpc) is 3.07. The maximum absolute atomic E-state index is 12.6. The normalized spacial score (nSPS) is 18.1. The van der Waals surface area contributed by atoms with Gasteiger partial charge in [0.25, 0.3) is 5.91 Å². The Bertz CT molecular complexity index is 509. The summed E-state index contributed by atoms with van der Waals surface area (Å²) in [6.45, 7) is 6.47. The summed E-state index contributed by atoms with van der Waals surface area (Å²) in [6, 6.07) is 1.71. The maximum Gasteiger partial charge on any atom is 0.324 e. The molecular formula is C14H21N3O3S. The third-order valence-corrected chi connectivity index (χ3v) is 4.37. The number of hydrogen-bond donors (Lipinski definition) is 1. The molecule has 116 valence electrons. The van der Waals surface area contributed by atoms with Gasteiger partial charge in [0.15, 0.2) is 0 Å². The van der Waals surface area contributed by atoms with E-state index in [0.29, 0.717) is 30.6 Å². The number of nitrogens with one attached hydrogen (secondary N) is 1. The van der Waals surface area contributed by atoms with Crippen LogP contribution >= 0.6 is 11.3 Å². The van der Waals surface area contributed by atoms with E-state index in [0.717, 1.165) is 30.7 Å². The fourth-order valence-corrected chi connectivity index (χ4v) is 3.27. The summed E-state index contributed by atoms with van der Waals surface area (Å²) >= 11 is 1.00. The highest BCUT2D eigenvalue weighted by molar-refractivity contribution is 7.13. The van der Waals surface area contributed by atoms with Gasteiger partial charge in [0.05, 0.1) is 10.5 Å². The molecule has 1 amide bonds. The lowest BCUT2D eigenvalue weighted by atomic mass is 10.1. The summed E-state index contributed by atoms with van der Waals surface area (Å²) in [5.74, 6) is 0.255. The topological polar surface area (TPSA) is 75.5 Å². The summed E-state index contributed by atoms with van der Waals surface area (Å²) < 4.78 is 0. The van der Waals surface area contributed by atoms with Gasteiger partial charge in [-0.15, -0.1) is 0 Å². The molecule has 7 heteroatoms. The molecule has 21 heavy (non-hydrogen) atoms. The smallest absolute Gasteiger partial charge is 0.324 e. The first kappa shape index (κ1) is 15.9. The van der Waals surface area contributed by atoms with Crippen molar-refractivity contribution in [2.24, 2.45) is 5.92 Å². The van der Waals surface area contributed by atoms with Crippen LogP contribution in [0.5, 0.6) is 0 Å². The van der Waals surface area contributed by atoms with Gasteiger partial charge >= 0.3 is 5.00 Å². The van der Waals surface area contributed by atoms with Gasteiger partial charge in [-0.05, 0) is 25.3 Å². The molecule has 1 fully saturated rings. The zero-order valence-electron chi connectivity index (χ0n) is 12.4. The van der Waals surface area contributed by atoms with Crippen molar-refractivity contribution in [3.8, 4) is 0 Å². The molecule has 1 atom stereocenters. The molecule has 0 aliphatic carbocycles. The monoisotopic (exact) mass is 311 g/mol. The third-order valence-electron chi connectivity index (χ3n) is 3.49. The van der Waals surface area contributed by atoms with Crippen LogP contribution in [-0.4, -0.2) is 41.4 Å². The highest BCUT2D eigenvalue weighted by atomic mass is 32.1. The van der Waals surface area contributed by atoms with Gasteiger partial charge in [-0.2, -0.15) is 0 Å². The first-order valence-corrected chi connectivity index (χ1v) is 8.11. The van der Waals surface area contributed by atoms with E-state index >= 15 is 0 Å². The lowest BCUT2D eigenvalue weighted by molar-refractivity contribution is -0.380. The average molecular weight is 311 g/mol. The van der Waals surface area contributed by atoms with Crippen LogP contribution in [0.25, 0.3) is 0 Å². The van der Waals surface area contributed by atoms with Gasteiger partial charge in [0, 0.05) is 30.6 Å². The molecule has 2 rings (SSSR count). The van der Waals surface area contributed by atoms with Crippen molar-refractivity contribution in [3.63, 3.8) is 0 Å². The molecule has 1 aromatic rings. The molecule has 1 saturated heterocycles. The van der Waals surface area contributed by atoms with Crippen molar-refractivity contribution in [1.29, 1.82) is 0 Å². The molecule has 1 unspecified atom stereocenters. The van der Waals surface area contributed by atoms with Crippen molar-refractivity contribution in [2.75, 3.05) is 19.6 Å². The van der Waals surface area contributed by atoms with Gasteiger partial charge in [0.1, 0.15) is 0 Å². The van der Waals surface area contributed by atoms with Crippen LogP contribution in [0.1, 0.15) is 37.0 Å². The Morgan fingerprint density at radius 3 is 2.90 bits per heavy atom. The minimum Gasteiger partial charge on any atom is -0.337 e. The van der Waals surface area contributed by atoms with Crippen LogP contribution in [0.3, 0.4) is 0 Å². The lowest BCUT2D eigenvalue weighted by Gasteiger charge is -2.27. The largest absolute Gasteiger partial charge is 0.337 e. The summed E-state index contributed by atoms with van der Waals surface area (Å²) in [4.78, 5) is 24.7. The van der Waals surface area contributed by atoms with E-state index in [9.17, 15) is 14.9 Å². The van der Waals surface area contributed by atoms with E-state index in [4.69, 9.17) is 0 Å². The Labute approximate surface area is 128 Å². The second kappa shape index (κ2) is 7.00. The fourth-order valence-electron chi connectivity index (χ4n) is 2.58. The van der Waals surface area contributed by atoms with Crippen LogP contribution in [0.2, 0.25) is 0 Å². The molecule has 0 saturated carbocycles. The van der Waals surface area contributed by atoms with Crippen molar-refractivity contribution in [2.45, 2.75) is 32.7 Å². The van der Waals surface area contributed by atoms with Crippen molar-refractivity contribution >= 4 is 22.2 Å². The number of nitro groups is 1. The zero-order chi connectivity index (χ0) is 15.4. The second-order valence-corrected chi connectivity index (χ2v) is 6.72. The van der Waals surface area contributed by atoms with Gasteiger partial charge in [-0.3, -0.25) is 14.9 Å². The van der Waals surface area contributed by atoms with Crippen LogP contribution in [-0.2, 0) is 0 Å². The Morgan fingerprint density at radius 1 is 1.62 bits per heavy atom. The number of carbonyl (C=O) groups is 1. The number of nitrogens with zero attached hydrogens (tertiary/aromatic N) is 2. The molecule has 1 N–H and O–H groups in total. The molecule has 0 aromatic carbocycles. The van der Waals surface area contributed by atoms with E-state index < -0.39 is 4.92 Å². The van der Waals surface area contributed by atoms with Crippen molar-refractivity contribution in [3.05, 3.63) is 27.1 Å². The third kappa shape index (κ3) is 4.25. The number of hydrogen-bond acceptors (Lipinski definition) is 5. The first-order chi connectivity index (χ1) is 9.97. The predicted molar refractivity (Wildman–Crippen MR) is 82.7 cm³/mol. The molecule has 6 nitrogen and oxygen atoms in total. The minimum atomic E-state index is -0.452. The van der Waals surface area contributed by atoms with Crippen molar-refractivity contribution in [1.82, 2.24) is 10.2 Å². The quantitative estimate of drug-likeness (QED) is 0.647. The van der Waals surface area contributed by atoms with E-state index in [1.807, 2.05) is 4.90 Å². The number of amides is 1. The Morgan fingerprint density at radius 2 is 2.38 bits per heavy atom. The second-order valence-electron chi connectivity index (χ2n) is 5.83. The zero-order valence-corrected chi connectivity index (χ0v) is 13.2. The fraction of sp³-hybridized carbons (Fsp3) is 0.643. The predicted octanol–water partition coefficient (Wildman–Crippen LogP) is 2.51. The molecule has 1 aromatic heterocycles. The lowest BCUT2D eigenvalue weighted by Crippen LogP contribution is -2.42. The molecule has 2 heterocycles. The molecule has 1 aliphatic heterocycles. The summed E-state index contributed by atoms with van der Waals surface area (Å²) in [7, 11) is 0. The van der Waals surface area contributed by atoms with E-state index in [1.165, 1.54) is 6.07 Å². The van der Waals surface area contributed by atoms with E-state index in [1.54, 1.807) is 5.38 Å². The molecule has 1 aliphatic rings. The summed E-state index contributed by atoms with van der Waals surface area (Å²) in [5, 5.41) is 15.7. The highest BCUT2D eigenvalue weighted by Gasteiger charge is 2.25. The number of carbonyl (C=O) groups excluding carboxylic acids is 1. The summed E-state index contributed by atoms with van der Waals surface area (Å²) in [5.41, 5.74) is 0.422. The van der Waals surface area contributed by atoms with Crippen LogP contribution in [0, 0.1) is 16.0 Å². The Balaban J connectivity index is 2.09. The van der Waals surface area contributed by atoms with Gasteiger partial charge in [-0.1, -0.05) is 25.2 Å². The van der Waals surface area contributed by atoms with Gasteiger partial charge in [0.2, 0.25) is 0 Å². The van der Waals surface area contributed by atoms with E-state index in [2.05, 4.69) is 19.2 Å². The van der Waals surface area contributed by atoms with Crippen molar-refractivity contribution < 1.29 is 9.72 Å². The number of thiophene rings is 1. The maximum atomic E-state index is 12.6. The number of rotatable bonds is 6. The standard InChI is InChI=1S/C14H21N3O3S/c1-10(2)7-16(8-12-4-3-5-15-12)14(18)11-6-13(17(19)20)21-9-11/h6,9-10,12,15H,3-5,7-8H2,1-2H3. The van der Waals surface area contributed by atoms with Gasteiger partial charge < -0.3 is 10.2 Å². The highest BCUT2D eigenvalue weighted by Crippen LogP contribution is 2.24. The first-order valence-electron chi connectivity index (χ1n) is 7.23. The minimum absolute atomic E-state index is 0.0156. The van der Waals surface area contributed by atoms with E-state index in [-0.39, 0.29) is 10.9 Å². The van der Waals surface area contributed by atoms with Crippen LogP contribution in [0.15, 0.2) is 11.4 Å². The van der Waals surface area contributed by atoms with Crippen LogP contribution < -0.4 is 5.32 Å². The summed E-state index contributed by atoms with van der Waals surface area (Å²) in [6.07, 6.45) is 2.21. The SMILES string of the molecule is CC(C)CN(CC1CCCN1)C(=O)c1csc([N+](=O)[O-])c1. The molecule has 0 bridgehead atoms. The Kier molecular flexibility index (Phi) is 5.30. The van der Waals surface area contributed by atoms with Gasteiger partial charge in [-0.25, -0.2) is 0 Å². The van der Waals surface area contributed by atoms with Crippen LogP contribution in [0.4, 0.5) is 5.00 Å². The molecule has 0 spiro atoms. The molecular weight excluding hydrogens is 290 g/mol. The molecule has 0 radical (unpaired) electrons.